The highest BCUT2D eigenvalue weighted by atomic mass is 16.5. The van der Waals surface area contributed by atoms with Gasteiger partial charge in [-0.3, -0.25) is 14.4 Å². The molecule has 2 amide bonds. The number of carbonyl (C=O) groups is 3. The summed E-state index contributed by atoms with van der Waals surface area (Å²) in [5.74, 6) is -1.27. The largest absolute Gasteiger partial charge is 0.463 e. The van der Waals surface area contributed by atoms with E-state index in [4.69, 9.17) is 4.74 Å². The van der Waals surface area contributed by atoms with E-state index in [9.17, 15) is 19.5 Å². The van der Waals surface area contributed by atoms with Crippen molar-refractivity contribution in [3.8, 4) is 0 Å². The van der Waals surface area contributed by atoms with Crippen molar-refractivity contribution < 1.29 is 24.2 Å². The molecule has 8 nitrogen and oxygen atoms in total. The van der Waals surface area contributed by atoms with Crippen LogP contribution in [0.2, 0.25) is 0 Å². The molecule has 1 fully saturated rings. The number of hydrogen-bond acceptors (Lipinski definition) is 5. The molecule has 1 aromatic heterocycles. The van der Waals surface area contributed by atoms with Gasteiger partial charge < -0.3 is 25.5 Å². The molecule has 1 aliphatic carbocycles. The van der Waals surface area contributed by atoms with E-state index in [0.29, 0.717) is 19.3 Å². The van der Waals surface area contributed by atoms with Gasteiger partial charge in [-0.1, -0.05) is 43.2 Å². The molecule has 8 heteroatoms. The molecule has 0 bridgehead atoms. The summed E-state index contributed by atoms with van der Waals surface area (Å²) in [5, 5.41) is 17.0. The molecule has 37 heavy (non-hydrogen) atoms. The predicted octanol–water partition coefficient (Wildman–Crippen LogP) is 3.69. The number of aromatic amines is 1. The van der Waals surface area contributed by atoms with Gasteiger partial charge in [0.25, 0.3) is 0 Å². The topological polar surface area (TPSA) is 121 Å². The molecule has 0 spiro atoms. The number of rotatable bonds is 6. The third-order valence-electron chi connectivity index (χ3n) is 7.59. The number of carbonyl (C=O) groups excluding carboxylic acids is 3. The number of nitrogens with one attached hydrogen (secondary N) is 3. The second kappa shape index (κ2) is 12.9. The molecule has 2 aliphatic rings. The standard InChI is InChI=1S/C29H39N3O5/c33-20-29(14-8-9-15-29)32-26(34)17-21-10-4-2-1-3-5-13-27(35)37-19-23(31-28(21)36)16-22-18-30-25-12-7-6-11-24(22)25/h2,4,6-7,11-12,18,21,23,30,33H,1,3,5,8-10,13-17,19-20H2,(H,31,36)(H,32,34)/t21-,23+/m1/s1. The van der Waals surface area contributed by atoms with Crippen molar-refractivity contribution in [1.29, 1.82) is 0 Å². The Morgan fingerprint density at radius 1 is 1.11 bits per heavy atom. The quantitative estimate of drug-likeness (QED) is 0.350. The van der Waals surface area contributed by atoms with Crippen molar-refractivity contribution in [2.45, 2.75) is 82.2 Å². The van der Waals surface area contributed by atoms with Gasteiger partial charge >= 0.3 is 5.97 Å². The van der Waals surface area contributed by atoms with Crippen LogP contribution < -0.4 is 10.6 Å². The summed E-state index contributed by atoms with van der Waals surface area (Å²) in [6.45, 7) is -0.0139. The Kier molecular flexibility index (Phi) is 9.39. The van der Waals surface area contributed by atoms with Gasteiger partial charge in [0, 0.05) is 29.9 Å². The van der Waals surface area contributed by atoms with Crippen molar-refractivity contribution in [1.82, 2.24) is 15.6 Å². The Labute approximate surface area is 218 Å². The average Bonchev–Trinajstić information content (AvgIpc) is 3.53. The minimum atomic E-state index is -0.572. The lowest BCUT2D eigenvalue weighted by molar-refractivity contribution is -0.145. The number of amides is 2. The highest BCUT2D eigenvalue weighted by Crippen LogP contribution is 2.29. The van der Waals surface area contributed by atoms with Crippen LogP contribution in [0.5, 0.6) is 0 Å². The molecular formula is C29H39N3O5. The van der Waals surface area contributed by atoms with Gasteiger partial charge in [-0.15, -0.1) is 0 Å². The average molecular weight is 510 g/mol. The van der Waals surface area contributed by atoms with Gasteiger partial charge in [0.15, 0.2) is 0 Å². The number of aliphatic hydroxyl groups is 1. The highest BCUT2D eigenvalue weighted by Gasteiger charge is 2.35. The van der Waals surface area contributed by atoms with Crippen LogP contribution in [0.1, 0.15) is 69.8 Å². The van der Waals surface area contributed by atoms with E-state index in [1.165, 1.54) is 0 Å². The maximum absolute atomic E-state index is 13.5. The molecule has 0 saturated heterocycles. The molecule has 0 radical (unpaired) electrons. The summed E-state index contributed by atoms with van der Waals surface area (Å²) < 4.78 is 5.55. The van der Waals surface area contributed by atoms with Gasteiger partial charge in [-0.25, -0.2) is 0 Å². The molecule has 1 aromatic carbocycles. The zero-order valence-electron chi connectivity index (χ0n) is 21.5. The zero-order valence-corrected chi connectivity index (χ0v) is 21.5. The lowest BCUT2D eigenvalue weighted by Crippen LogP contribution is -2.50. The first-order valence-electron chi connectivity index (χ1n) is 13.6. The lowest BCUT2D eigenvalue weighted by Gasteiger charge is -2.29. The minimum Gasteiger partial charge on any atom is -0.463 e. The Hall–Kier alpha value is -3.13. The number of fused-ring (bicyclic) bond motifs is 1. The van der Waals surface area contributed by atoms with E-state index in [1.54, 1.807) is 0 Å². The fourth-order valence-corrected chi connectivity index (χ4v) is 5.44. The van der Waals surface area contributed by atoms with Crippen molar-refractivity contribution in [3.63, 3.8) is 0 Å². The number of cyclic esters (lactones) is 1. The van der Waals surface area contributed by atoms with E-state index in [-0.39, 0.29) is 37.4 Å². The highest BCUT2D eigenvalue weighted by molar-refractivity contribution is 5.87. The van der Waals surface area contributed by atoms with Crippen molar-refractivity contribution >= 4 is 28.7 Å². The van der Waals surface area contributed by atoms with Gasteiger partial charge in [0.1, 0.15) is 6.61 Å². The van der Waals surface area contributed by atoms with E-state index in [1.807, 2.05) is 42.6 Å². The van der Waals surface area contributed by atoms with Gasteiger partial charge in [-0.05, 0) is 56.6 Å². The number of hydrogen-bond donors (Lipinski definition) is 4. The van der Waals surface area contributed by atoms with Gasteiger partial charge in [0.05, 0.1) is 24.1 Å². The Morgan fingerprint density at radius 2 is 1.92 bits per heavy atom. The van der Waals surface area contributed by atoms with E-state index in [2.05, 4.69) is 15.6 Å². The number of allylic oxidation sites excluding steroid dienone is 2. The number of aliphatic hydroxyl groups excluding tert-OH is 1. The molecular weight excluding hydrogens is 470 g/mol. The maximum Gasteiger partial charge on any atom is 0.305 e. The minimum absolute atomic E-state index is 0.0392. The Balaban J connectivity index is 1.49. The molecule has 1 aliphatic heterocycles. The maximum atomic E-state index is 13.5. The van der Waals surface area contributed by atoms with Gasteiger partial charge in [-0.2, -0.15) is 0 Å². The summed E-state index contributed by atoms with van der Waals surface area (Å²) in [6, 6.07) is 7.53. The number of para-hydroxylation sites is 1. The summed E-state index contributed by atoms with van der Waals surface area (Å²) in [4.78, 5) is 42.0. The van der Waals surface area contributed by atoms with Crippen molar-refractivity contribution in [2.75, 3.05) is 13.2 Å². The van der Waals surface area contributed by atoms with Gasteiger partial charge in [0.2, 0.25) is 11.8 Å². The normalized spacial score (nSPS) is 23.3. The molecule has 0 unspecified atom stereocenters. The number of H-pyrrole nitrogens is 1. The summed E-state index contributed by atoms with van der Waals surface area (Å²) in [5.41, 5.74) is 1.46. The van der Waals surface area contributed by atoms with Crippen LogP contribution in [0.4, 0.5) is 0 Å². The van der Waals surface area contributed by atoms with E-state index < -0.39 is 17.5 Å². The van der Waals surface area contributed by atoms with Crippen LogP contribution in [-0.2, 0) is 25.5 Å². The lowest BCUT2D eigenvalue weighted by atomic mass is 9.95. The number of ether oxygens (including phenoxy) is 1. The molecule has 2 aromatic rings. The Bertz CT molecular complexity index is 1100. The second-order valence-corrected chi connectivity index (χ2v) is 10.5. The third-order valence-corrected chi connectivity index (χ3v) is 7.59. The second-order valence-electron chi connectivity index (χ2n) is 10.5. The fourth-order valence-electron chi connectivity index (χ4n) is 5.44. The molecule has 1 saturated carbocycles. The van der Waals surface area contributed by atoms with Crippen LogP contribution in [0, 0.1) is 5.92 Å². The fraction of sp³-hybridized carbons (Fsp3) is 0.552. The third kappa shape index (κ3) is 7.44. The molecule has 4 N–H and O–H groups in total. The molecule has 4 rings (SSSR count). The van der Waals surface area contributed by atoms with Crippen LogP contribution in [0.15, 0.2) is 42.6 Å². The summed E-state index contributed by atoms with van der Waals surface area (Å²) in [6.07, 6.45) is 13.1. The van der Waals surface area contributed by atoms with Crippen LogP contribution in [0.25, 0.3) is 10.9 Å². The molecule has 2 heterocycles. The smallest absolute Gasteiger partial charge is 0.305 e. The first kappa shape index (κ1) is 26.9. The monoisotopic (exact) mass is 509 g/mol. The Morgan fingerprint density at radius 3 is 2.73 bits per heavy atom. The SMILES string of the molecule is O=C(C[C@H]1CC=CCCCCC(=O)OC[C@H](Cc2c[nH]c3ccccc23)NC1=O)NC1(CO)CCCC1. The first-order valence-corrected chi connectivity index (χ1v) is 13.6. The molecule has 200 valence electrons. The molecule has 2 atom stereocenters. The zero-order chi connectivity index (χ0) is 26.1. The summed E-state index contributed by atoms with van der Waals surface area (Å²) in [7, 11) is 0. The number of aromatic nitrogens is 1. The first-order chi connectivity index (χ1) is 18.0. The van der Waals surface area contributed by atoms with E-state index >= 15 is 0 Å². The van der Waals surface area contributed by atoms with Crippen LogP contribution >= 0.6 is 0 Å². The summed E-state index contributed by atoms with van der Waals surface area (Å²) >= 11 is 0. The van der Waals surface area contributed by atoms with Crippen molar-refractivity contribution in [2.24, 2.45) is 5.92 Å². The number of benzene rings is 1. The van der Waals surface area contributed by atoms with E-state index in [0.717, 1.165) is 61.4 Å². The van der Waals surface area contributed by atoms with Crippen LogP contribution in [-0.4, -0.2) is 52.7 Å². The number of esters is 1. The predicted molar refractivity (Wildman–Crippen MR) is 142 cm³/mol. The van der Waals surface area contributed by atoms with Crippen molar-refractivity contribution in [3.05, 3.63) is 48.2 Å². The van der Waals surface area contributed by atoms with Crippen LogP contribution in [0.3, 0.4) is 0 Å².